The maximum atomic E-state index is 14.5. The van der Waals surface area contributed by atoms with Gasteiger partial charge in [-0.05, 0) is 37.6 Å². The van der Waals surface area contributed by atoms with E-state index in [1.165, 1.54) is 6.20 Å². The topological polar surface area (TPSA) is 77.1 Å². The van der Waals surface area contributed by atoms with Gasteiger partial charge in [0.15, 0.2) is 17.5 Å². The van der Waals surface area contributed by atoms with Crippen LogP contribution in [-0.4, -0.2) is 51.8 Å². The maximum absolute atomic E-state index is 14.5. The summed E-state index contributed by atoms with van der Waals surface area (Å²) in [7, 11) is 0. The highest BCUT2D eigenvalue weighted by molar-refractivity contribution is 5.92. The van der Waals surface area contributed by atoms with Crippen LogP contribution in [0.4, 0.5) is 27.6 Å². The van der Waals surface area contributed by atoms with Gasteiger partial charge in [0.05, 0.1) is 28.6 Å². The molecular weight excluding hydrogens is 493 g/mol. The van der Waals surface area contributed by atoms with E-state index < -0.39 is 40.7 Å². The Balaban J connectivity index is 1.74. The average Bonchev–Trinajstić information content (AvgIpc) is 3.26. The lowest BCUT2D eigenvalue weighted by Gasteiger charge is -2.39. The van der Waals surface area contributed by atoms with E-state index >= 15 is 0 Å². The zero-order valence-corrected chi connectivity index (χ0v) is 20.0. The number of halogens is 5. The number of likely N-dealkylation sites (N-methyl/N-ethyl adjacent to an activating group) is 1. The normalized spacial score (nSPS) is 18.1. The van der Waals surface area contributed by atoms with Crippen molar-refractivity contribution >= 4 is 16.7 Å². The molecule has 0 bridgehead atoms. The number of aryl methyl sites for hydroxylation is 1. The summed E-state index contributed by atoms with van der Waals surface area (Å²) in [6, 6.07) is 3.74. The Bertz CT molecular complexity index is 1470. The van der Waals surface area contributed by atoms with Gasteiger partial charge in [0, 0.05) is 43.0 Å². The van der Waals surface area contributed by atoms with Crippen LogP contribution in [0.5, 0.6) is 0 Å². The molecule has 1 aliphatic heterocycles. The number of hydrogen-bond acceptors (Lipinski definition) is 5. The van der Waals surface area contributed by atoms with Gasteiger partial charge in [-0.15, -0.1) is 0 Å². The quantitative estimate of drug-likeness (QED) is 0.261. The first-order valence-corrected chi connectivity index (χ1v) is 11.8. The molecule has 194 valence electrons. The lowest BCUT2D eigenvalue weighted by molar-refractivity contribution is 0.115. The standard InChI is InChI=1S/C26H24F5N5O/c1-3-32-18-4-5-36(11-20(18)37)25-16(13-6-14(27)8-15(28)7-13)10-33-12(2)21(25)26-34-19-9-17(29)22(30)23(31)24(19)35-26/h6-10,18,20,32,37H,3-5,11H2,1-2H3,(H,34,35)/t18-,20+/m1/s1. The molecule has 1 fully saturated rings. The maximum Gasteiger partial charge on any atom is 0.196 e. The van der Waals surface area contributed by atoms with Crippen molar-refractivity contribution in [2.45, 2.75) is 32.4 Å². The number of rotatable bonds is 5. The first kappa shape index (κ1) is 25.1. The summed E-state index contributed by atoms with van der Waals surface area (Å²) in [6.45, 7) is 4.92. The molecule has 37 heavy (non-hydrogen) atoms. The van der Waals surface area contributed by atoms with Crippen LogP contribution < -0.4 is 10.2 Å². The van der Waals surface area contributed by atoms with Crippen molar-refractivity contribution in [1.29, 1.82) is 0 Å². The molecule has 1 saturated heterocycles. The number of nitrogens with zero attached hydrogens (tertiary/aromatic N) is 3. The monoisotopic (exact) mass is 517 g/mol. The van der Waals surface area contributed by atoms with E-state index in [1.54, 1.807) is 6.92 Å². The minimum Gasteiger partial charge on any atom is -0.390 e. The number of piperidine rings is 1. The lowest BCUT2D eigenvalue weighted by atomic mass is 9.95. The predicted octanol–water partition coefficient (Wildman–Crippen LogP) is 4.84. The molecule has 0 spiro atoms. The first-order chi connectivity index (χ1) is 17.7. The fraction of sp³-hybridized carbons (Fsp3) is 0.308. The van der Waals surface area contributed by atoms with E-state index in [4.69, 9.17) is 0 Å². The number of pyridine rings is 1. The minimum absolute atomic E-state index is 0.0650. The van der Waals surface area contributed by atoms with E-state index in [0.29, 0.717) is 42.0 Å². The van der Waals surface area contributed by atoms with Gasteiger partial charge in [-0.25, -0.2) is 26.9 Å². The molecule has 5 rings (SSSR count). The molecule has 11 heteroatoms. The molecule has 0 saturated carbocycles. The third-order valence-corrected chi connectivity index (χ3v) is 6.63. The Morgan fingerprint density at radius 3 is 2.49 bits per heavy atom. The number of aliphatic hydroxyl groups is 1. The fourth-order valence-corrected chi connectivity index (χ4v) is 4.94. The summed E-state index contributed by atoms with van der Waals surface area (Å²) in [6.07, 6.45) is 1.27. The number of aromatic amines is 1. The minimum atomic E-state index is -1.64. The van der Waals surface area contributed by atoms with E-state index in [9.17, 15) is 27.1 Å². The Hall–Kier alpha value is -3.57. The van der Waals surface area contributed by atoms with Crippen LogP contribution >= 0.6 is 0 Å². The van der Waals surface area contributed by atoms with Crippen LogP contribution in [0.3, 0.4) is 0 Å². The van der Waals surface area contributed by atoms with Gasteiger partial charge >= 0.3 is 0 Å². The van der Waals surface area contributed by atoms with E-state index in [-0.39, 0.29) is 29.5 Å². The van der Waals surface area contributed by atoms with Gasteiger partial charge in [-0.2, -0.15) is 0 Å². The number of aromatic nitrogens is 3. The second-order valence-electron chi connectivity index (χ2n) is 9.07. The Labute approximate surface area is 209 Å². The van der Waals surface area contributed by atoms with E-state index in [2.05, 4.69) is 20.3 Å². The number of hydrogen-bond donors (Lipinski definition) is 3. The Morgan fingerprint density at radius 2 is 1.81 bits per heavy atom. The van der Waals surface area contributed by atoms with Gasteiger partial charge < -0.3 is 20.3 Å². The largest absolute Gasteiger partial charge is 0.390 e. The van der Waals surface area contributed by atoms with Crippen LogP contribution in [-0.2, 0) is 0 Å². The SMILES string of the molecule is CCN[C@@H]1CCN(c2c(-c3cc(F)cc(F)c3)cnc(C)c2-c2nc3c(F)c(F)c(F)cc3[nH]2)C[C@@H]1O. The van der Waals surface area contributed by atoms with Gasteiger partial charge in [0.25, 0.3) is 0 Å². The molecule has 1 aliphatic rings. The molecule has 2 atom stereocenters. The molecule has 3 N–H and O–H groups in total. The van der Waals surface area contributed by atoms with Crippen LogP contribution in [0.25, 0.3) is 33.5 Å². The highest BCUT2D eigenvalue weighted by atomic mass is 19.2. The second kappa shape index (κ2) is 9.71. The van der Waals surface area contributed by atoms with Crippen LogP contribution in [0.1, 0.15) is 19.0 Å². The highest BCUT2D eigenvalue weighted by Crippen LogP contribution is 2.42. The number of anilines is 1. The first-order valence-electron chi connectivity index (χ1n) is 11.8. The van der Waals surface area contributed by atoms with Crippen molar-refractivity contribution in [3.05, 3.63) is 65.2 Å². The van der Waals surface area contributed by atoms with Crippen LogP contribution in [0.2, 0.25) is 0 Å². The van der Waals surface area contributed by atoms with E-state index in [1.807, 2.05) is 11.8 Å². The lowest BCUT2D eigenvalue weighted by Crippen LogP contribution is -2.53. The summed E-state index contributed by atoms with van der Waals surface area (Å²) in [4.78, 5) is 13.3. The van der Waals surface area contributed by atoms with Crippen molar-refractivity contribution in [2.75, 3.05) is 24.5 Å². The molecule has 0 radical (unpaired) electrons. The van der Waals surface area contributed by atoms with Crippen molar-refractivity contribution in [2.24, 2.45) is 0 Å². The number of fused-ring (bicyclic) bond motifs is 1. The summed E-state index contributed by atoms with van der Waals surface area (Å²) in [5.74, 6) is -5.95. The third-order valence-electron chi connectivity index (χ3n) is 6.63. The molecule has 2 aromatic heterocycles. The van der Waals surface area contributed by atoms with Gasteiger partial charge in [-0.3, -0.25) is 4.98 Å². The number of β-amino-alcohol motifs (C(OH)–C–C–N with tert-alkyl or cyclic N) is 1. The summed E-state index contributed by atoms with van der Waals surface area (Å²) < 4.78 is 70.7. The highest BCUT2D eigenvalue weighted by Gasteiger charge is 2.32. The molecule has 0 amide bonds. The fourth-order valence-electron chi connectivity index (χ4n) is 4.94. The van der Waals surface area contributed by atoms with Crippen molar-refractivity contribution < 1.29 is 27.1 Å². The average molecular weight is 518 g/mol. The van der Waals surface area contributed by atoms with Gasteiger partial charge in [0.1, 0.15) is 23.0 Å². The molecule has 4 aromatic rings. The number of imidazole rings is 1. The predicted molar refractivity (Wildman–Crippen MR) is 130 cm³/mol. The molecule has 6 nitrogen and oxygen atoms in total. The summed E-state index contributed by atoms with van der Waals surface area (Å²) in [5, 5.41) is 14.1. The second-order valence-corrected chi connectivity index (χ2v) is 9.07. The van der Waals surface area contributed by atoms with Crippen molar-refractivity contribution in [3.8, 4) is 22.5 Å². The Kier molecular flexibility index (Phi) is 6.59. The molecule has 2 aromatic carbocycles. The van der Waals surface area contributed by atoms with Crippen molar-refractivity contribution in [1.82, 2.24) is 20.3 Å². The zero-order valence-electron chi connectivity index (χ0n) is 20.0. The zero-order chi connectivity index (χ0) is 26.4. The Morgan fingerprint density at radius 1 is 1.08 bits per heavy atom. The molecule has 0 unspecified atom stereocenters. The van der Waals surface area contributed by atoms with Gasteiger partial charge in [0.2, 0.25) is 0 Å². The van der Waals surface area contributed by atoms with Gasteiger partial charge in [-0.1, -0.05) is 6.92 Å². The number of aliphatic hydroxyl groups excluding tert-OH is 1. The van der Waals surface area contributed by atoms with Crippen LogP contribution in [0, 0.1) is 36.0 Å². The number of benzene rings is 2. The van der Waals surface area contributed by atoms with E-state index in [0.717, 1.165) is 24.3 Å². The third kappa shape index (κ3) is 4.53. The molecule has 0 aliphatic carbocycles. The number of H-pyrrole nitrogens is 1. The van der Waals surface area contributed by atoms with Crippen LogP contribution in [0.15, 0.2) is 30.5 Å². The van der Waals surface area contributed by atoms with Crippen molar-refractivity contribution in [3.63, 3.8) is 0 Å². The number of nitrogens with one attached hydrogen (secondary N) is 2. The summed E-state index contributed by atoms with van der Waals surface area (Å²) in [5.41, 5.74) is 1.33. The molecule has 3 heterocycles. The summed E-state index contributed by atoms with van der Waals surface area (Å²) >= 11 is 0. The molecular formula is C26H24F5N5O. The smallest absolute Gasteiger partial charge is 0.196 e.